The van der Waals surface area contributed by atoms with Crippen LogP contribution in [0.15, 0.2) is 54.6 Å². The molecule has 1 aliphatic rings. The van der Waals surface area contributed by atoms with Gasteiger partial charge < -0.3 is 4.74 Å². The van der Waals surface area contributed by atoms with Crippen molar-refractivity contribution in [1.82, 2.24) is 9.97 Å². The van der Waals surface area contributed by atoms with E-state index in [1.807, 2.05) is 56.4 Å². The Bertz CT molecular complexity index is 525. The van der Waals surface area contributed by atoms with Crippen molar-refractivity contribution in [3.63, 3.8) is 0 Å². The van der Waals surface area contributed by atoms with Gasteiger partial charge in [0.15, 0.2) is 0 Å². The molecule has 1 aliphatic carbocycles. The van der Waals surface area contributed by atoms with Gasteiger partial charge in [0.05, 0.1) is 0 Å². The Balaban J connectivity index is 2.23. The summed E-state index contributed by atoms with van der Waals surface area (Å²) in [4.78, 5) is 8.25. The highest BCUT2D eigenvalue weighted by Gasteiger charge is 2.05. The summed E-state index contributed by atoms with van der Waals surface area (Å²) in [5.74, 6) is 1.36. The molecule has 0 radical (unpaired) electrons. The molecule has 1 heterocycles. The molecule has 0 aromatic carbocycles. The average molecular weight is 226 g/mol. The summed E-state index contributed by atoms with van der Waals surface area (Å²) in [6, 6.07) is 0. The van der Waals surface area contributed by atoms with E-state index in [1.54, 1.807) is 0 Å². The molecule has 3 nitrogen and oxygen atoms in total. The van der Waals surface area contributed by atoms with E-state index < -0.39 is 0 Å². The third-order valence-corrected chi connectivity index (χ3v) is 2.47. The SMILES string of the molecule is Cc1ncnc(OC2=CC=CC=CC=C2)c1C. The molecule has 0 saturated carbocycles. The van der Waals surface area contributed by atoms with E-state index in [0.717, 1.165) is 17.0 Å². The van der Waals surface area contributed by atoms with Gasteiger partial charge in [-0.1, -0.05) is 30.4 Å². The summed E-state index contributed by atoms with van der Waals surface area (Å²) >= 11 is 0. The smallest absolute Gasteiger partial charge is 0.225 e. The van der Waals surface area contributed by atoms with Gasteiger partial charge in [-0.2, -0.15) is 0 Å². The largest absolute Gasteiger partial charge is 0.439 e. The zero-order valence-electron chi connectivity index (χ0n) is 9.92. The fraction of sp³-hybridized carbons (Fsp3) is 0.143. The predicted molar refractivity (Wildman–Crippen MR) is 67.6 cm³/mol. The normalized spacial score (nSPS) is 14.1. The molecular formula is C14H14N2O. The van der Waals surface area contributed by atoms with Crippen LogP contribution in [0, 0.1) is 13.8 Å². The molecular weight excluding hydrogens is 212 g/mol. The standard InChI is InChI=1S/C14H14N2O/c1-11-12(2)15-10-16-14(11)17-13-8-6-4-3-5-7-9-13/h3-10H,1-2H3. The van der Waals surface area contributed by atoms with Crippen molar-refractivity contribution in [3.8, 4) is 5.88 Å². The van der Waals surface area contributed by atoms with Crippen LogP contribution < -0.4 is 4.74 Å². The third-order valence-electron chi connectivity index (χ3n) is 2.47. The second kappa shape index (κ2) is 5.25. The van der Waals surface area contributed by atoms with Crippen LogP contribution in [0.4, 0.5) is 0 Å². The Morgan fingerprint density at radius 2 is 1.71 bits per heavy atom. The number of rotatable bonds is 2. The Morgan fingerprint density at radius 3 is 2.59 bits per heavy atom. The van der Waals surface area contributed by atoms with Gasteiger partial charge in [0, 0.05) is 11.3 Å². The zero-order valence-corrected chi connectivity index (χ0v) is 9.92. The number of nitrogens with zero attached hydrogens (tertiary/aromatic N) is 2. The minimum absolute atomic E-state index is 0.603. The number of ether oxygens (including phenoxy) is 1. The lowest BCUT2D eigenvalue weighted by Gasteiger charge is -2.08. The van der Waals surface area contributed by atoms with Crippen molar-refractivity contribution >= 4 is 0 Å². The van der Waals surface area contributed by atoms with E-state index in [4.69, 9.17) is 4.74 Å². The first kappa shape index (κ1) is 11.3. The van der Waals surface area contributed by atoms with Crippen molar-refractivity contribution in [2.24, 2.45) is 0 Å². The van der Waals surface area contributed by atoms with Crippen molar-refractivity contribution < 1.29 is 4.74 Å². The fourth-order valence-electron chi connectivity index (χ4n) is 1.35. The van der Waals surface area contributed by atoms with Crippen LogP contribution in [0.3, 0.4) is 0 Å². The van der Waals surface area contributed by atoms with Gasteiger partial charge in [-0.05, 0) is 26.0 Å². The lowest BCUT2D eigenvalue weighted by molar-refractivity contribution is 0.421. The van der Waals surface area contributed by atoms with Gasteiger partial charge in [0.2, 0.25) is 5.88 Å². The van der Waals surface area contributed by atoms with Crippen molar-refractivity contribution in [3.05, 3.63) is 65.9 Å². The Labute approximate surface area is 101 Å². The summed E-state index contributed by atoms with van der Waals surface area (Å²) < 4.78 is 5.74. The van der Waals surface area contributed by atoms with Crippen LogP contribution in [-0.2, 0) is 0 Å². The van der Waals surface area contributed by atoms with Gasteiger partial charge in [-0.25, -0.2) is 9.97 Å². The van der Waals surface area contributed by atoms with Crippen LogP contribution in [0.25, 0.3) is 0 Å². The van der Waals surface area contributed by atoms with E-state index in [-0.39, 0.29) is 0 Å². The number of hydrogen-bond donors (Lipinski definition) is 0. The third kappa shape index (κ3) is 2.91. The van der Waals surface area contributed by atoms with Gasteiger partial charge in [0.1, 0.15) is 12.1 Å². The molecule has 0 N–H and O–H groups in total. The topological polar surface area (TPSA) is 35.0 Å². The van der Waals surface area contributed by atoms with E-state index in [1.165, 1.54) is 6.33 Å². The van der Waals surface area contributed by atoms with Crippen molar-refractivity contribution in [2.45, 2.75) is 13.8 Å². The lowest BCUT2D eigenvalue weighted by atomic mass is 10.2. The maximum absolute atomic E-state index is 5.74. The summed E-state index contributed by atoms with van der Waals surface area (Å²) in [5, 5.41) is 0. The van der Waals surface area contributed by atoms with E-state index in [2.05, 4.69) is 9.97 Å². The molecule has 1 aromatic heterocycles. The molecule has 0 aliphatic heterocycles. The summed E-state index contributed by atoms with van der Waals surface area (Å²) in [7, 11) is 0. The van der Waals surface area contributed by atoms with Crippen LogP contribution in [-0.4, -0.2) is 9.97 Å². The van der Waals surface area contributed by atoms with Crippen LogP contribution >= 0.6 is 0 Å². The maximum atomic E-state index is 5.74. The zero-order chi connectivity index (χ0) is 12.1. The molecule has 0 fully saturated rings. The predicted octanol–water partition coefficient (Wildman–Crippen LogP) is 3.04. The molecule has 0 amide bonds. The summed E-state index contributed by atoms with van der Waals surface area (Å²) in [5.41, 5.74) is 1.89. The molecule has 0 saturated heterocycles. The number of allylic oxidation sites excluding steroid dienone is 7. The first-order chi connectivity index (χ1) is 8.27. The lowest BCUT2D eigenvalue weighted by Crippen LogP contribution is -1.99. The summed E-state index contributed by atoms with van der Waals surface area (Å²) in [6.07, 6.45) is 15.0. The minimum atomic E-state index is 0.603. The molecule has 0 bridgehead atoms. The van der Waals surface area contributed by atoms with Crippen LogP contribution in [0.5, 0.6) is 5.88 Å². The van der Waals surface area contributed by atoms with Gasteiger partial charge >= 0.3 is 0 Å². The molecule has 0 atom stereocenters. The van der Waals surface area contributed by atoms with Crippen molar-refractivity contribution in [2.75, 3.05) is 0 Å². The first-order valence-electron chi connectivity index (χ1n) is 5.45. The highest BCUT2D eigenvalue weighted by Crippen LogP contribution is 2.18. The average Bonchev–Trinajstić information content (AvgIpc) is 2.28. The Hall–Kier alpha value is -2.16. The number of hydrogen-bond acceptors (Lipinski definition) is 3. The van der Waals surface area contributed by atoms with E-state index in [9.17, 15) is 0 Å². The number of aromatic nitrogens is 2. The molecule has 0 unspecified atom stereocenters. The molecule has 86 valence electrons. The van der Waals surface area contributed by atoms with E-state index >= 15 is 0 Å². The maximum Gasteiger partial charge on any atom is 0.225 e. The molecule has 0 spiro atoms. The Kier molecular flexibility index (Phi) is 3.50. The number of aryl methyl sites for hydroxylation is 1. The van der Waals surface area contributed by atoms with E-state index in [0.29, 0.717) is 5.88 Å². The van der Waals surface area contributed by atoms with Gasteiger partial charge in [0.25, 0.3) is 0 Å². The Morgan fingerprint density at radius 1 is 0.941 bits per heavy atom. The quantitative estimate of drug-likeness (QED) is 0.777. The molecule has 2 rings (SSSR count). The monoisotopic (exact) mass is 226 g/mol. The highest BCUT2D eigenvalue weighted by molar-refractivity contribution is 5.33. The minimum Gasteiger partial charge on any atom is -0.439 e. The molecule has 3 heteroatoms. The highest BCUT2D eigenvalue weighted by atomic mass is 16.5. The molecule has 1 aromatic rings. The second-order valence-corrected chi connectivity index (χ2v) is 3.69. The van der Waals surface area contributed by atoms with Crippen LogP contribution in [0.1, 0.15) is 11.3 Å². The molecule has 17 heavy (non-hydrogen) atoms. The van der Waals surface area contributed by atoms with Crippen molar-refractivity contribution in [1.29, 1.82) is 0 Å². The van der Waals surface area contributed by atoms with Crippen LogP contribution in [0.2, 0.25) is 0 Å². The van der Waals surface area contributed by atoms with Gasteiger partial charge in [-0.15, -0.1) is 0 Å². The van der Waals surface area contributed by atoms with Gasteiger partial charge in [-0.3, -0.25) is 0 Å². The summed E-state index contributed by atoms with van der Waals surface area (Å²) in [6.45, 7) is 3.89. The second-order valence-electron chi connectivity index (χ2n) is 3.69. The first-order valence-corrected chi connectivity index (χ1v) is 5.45. The fourth-order valence-corrected chi connectivity index (χ4v) is 1.35.